The van der Waals surface area contributed by atoms with Crippen molar-refractivity contribution in [2.24, 2.45) is 22.7 Å². The Morgan fingerprint density at radius 1 is 1.03 bits per heavy atom. The summed E-state index contributed by atoms with van der Waals surface area (Å²) in [6, 6.07) is 25.6. The fraction of sp³-hybridized carbons (Fsp3) is 0.406. The molecule has 1 amide bonds. The van der Waals surface area contributed by atoms with Crippen molar-refractivity contribution in [2.45, 2.75) is 57.8 Å². The molecule has 1 saturated heterocycles. The van der Waals surface area contributed by atoms with Crippen molar-refractivity contribution in [3.05, 3.63) is 96.1 Å². The highest BCUT2D eigenvalue weighted by molar-refractivity contribution is 5.99. The third-order valence-corrected chi connectivity index (χ3v) is 10.8. The smallest absolute Gasteiger partial charge is 0.242 e. The molecule has 178 valence electrons. The minimum atomic E-state index is -0.474. The number of fused-ring (bicyclic) bond motifs is 1. The Kier molecular flexibility index (Phi) is 4.19. The number of carbonyl (C=O) groups excluding carboxylic acids is 1. The molecule has 6 atom stereocenters. The predicted molar refractivity (Wildman–Crippen MR) is 140 cm³/mol. The number of rotatable bonds is 6. The number of allylic oxidation sites excluding steroid dienone is 1. The van der Waals surface area contributed by atoms with Gasteiger partial charge in [-0.2, -0.15) is 0 Å². The van der Waals surface area contributed by atoms with Crippen LogP contribution in [0.15, 0.2) is 84.9 Å². The zero-order valence-electron chi connectivity index (χ0n) is 20.9. The normalized spacial score (nSPS) is 38.1. The van der Waals surface area contributed by atoms with E-state index in [1.807, 2.05) is 18.2 Å². The van der Waals surface area contributed by atoms with Gasteiger partial charge in [-0.3, -0.25) is 9.69 Å². The van der Waals surface area contributed by atoms with E-state index < -0.39 is 5.54 Å². The summed E-state index contributed by atoms with van der Waals surface area (Å²) >= 11 is 0. The number of nitrogens with one attached hydrogen (secondary N) is 1. The van der Waals surface area contributed by atoms with E-state index in [-0.39, 0.29) is 22.3 Å². The molecule has 3 aromatic carbocycles. The van der Waals surface area contributed by atoms with Crippen LogP contribution in [0.5, 0.6) is 0 Å². The van der Waals surface area contributed by atoms with E-state index in [0.717, 1.165) is 24.9 Å². The number of hydrogen-bond acceptors (Lipinski definition) is 2. The first-order valence-electron chi connectivity index (χ1n) is 13.2. The molecule has 0 radical (unpaired) electrons. The maximum atomic E-state index is 14.3. The lowest BCUT2D eigenvalue weighted by molar-refractivity contribution is -0.183. The Morgan fingerprint density at radius 3 is 2.57 bits per heavy atom. The molecule has 2 saturated carbocycles. The lowest BCUT2D eigenvalue weighted by Gasteiger charge is -2.67. The van der Waals surface area contributed by atoms with E-state index in [0.29, 0.717) is 18.4 Å². The van der Waals surface area contributed by atoms with Crippen LogP contribution in [0.25, 0.3) is 10.8 Å². The minimum absolute atomic E-state index is 0.0205. The fourth-order valence-electron chi connectivity index (χ4n) is 9.53. The van der Waals surface area contributed by atoms with Gasteiger partial charge >= 0.3 is 0 Å². The van der Waals surface area contributed by atoms with Gasteiger partial charge in [0.15, 0.2) is 0 Å². The number of nitrogens with zero attached hydrogens (tertiary/aromatic N) is 1. The molecule has 2 bridgehead atoms. The number of hydrogen-bond donors (Lipinski definition) is 1. The van der Waals surface area contributed by atoms with Gasteiger partial charge in [-0.1, -0.05) is 106 Å². The van der Waals surface area contributed by atoms with Crippen LogP contribution >= 0.6 is 0 Å². The maximum Gasteiger partial charge on any atom is 0.242 e. The highest BCUT2D eigenvalue weighted by Gasteiger charge is 3.05. The summed E-state index contributed by atoms with van der Waals surface area (Å²) in [5.41, 5.74) is 1.94. The predicted octanol–water partition coefficient (Wildman–Crippen LogP) is 6.09. The summed E-state index contributed by atoms with van der Waals surface area (Å²) in [7, 11) is 0. The van der Waals surface area contributed by atoms with Crippen LogP contribution in [-0.2, 0) is 17.9 Å². The van der Waals surface area contributed by atoms with Gasteiger partial charge in [0.1, 0.15) is 5.54 Å². The van der Waals surface area contributed by atoms with Crippen LogP contribution in [0.4, 0.5) is 0 Å². The first kappa shape index (κ1) is 21.4. The third kappa shape index (κ3) is 2.13. The fourth-order valence-corrected chi connectivity index (χ4v) is 9.53. The SMILES string of the molecule is CCC12C(C)C3C=CC14C(C)(C3)C4(C(=O)NCc1ccccc1)N2Cc1cccc2ccccc12. The van der Waals surface area contributed by atoms with E-state index in [2.05, 4.69) is 97.7 Å². The summed E-state index contributed by atoms with van der Waals surface area (Å²) < 4.78 is 0. The van der Waals surface area contributed by atoms with Crippen molar-refractivity contribution < 1.29 is 4.79 Å². The van der Waals surface area contributed by atoms with E-state index in [4.69, 9.17) is 0 Å². The maximum absolute atomic E-state index is 14.3. The highest BCUT2D eigenvalue weighted by atomic mass is 16.2. The number of carbonyl (C=O) groups is 1. The largest absolute Gasteiger partial charge is 0.350 e. The van der Waals surface area contributed by atoms with Crippen molar-refractivity contribution in [3.8, 4) is 0 Å². The summed E-state index contributed by atoms with van der Waals surface area (Å²) in [5, 5.41) is 5.97. The molecule has 3 fully saturated rings. The molecule has 0 aromatic heterocycles. The van der Waals surface area contributed by atoms with Crippen LogP contribution < -0.4 is 5.32 Å². The molecule has 5 aliphatic rings. The zero-order valence-corrected chi connectivity index (χ0v) is 20.9. The number of benzene rings is 3. The topological polar surface area (TPSA) is 32.3 Å². The molecule has 8 rings (SSSR count). The average Bonchev–Trinajstić information content (AvgIpc) is 3.37. The van der Waals surface area contributed by atoms with Gasteiger partial charge < -0.3 is 5.32 Å². The Bertz CT molecular complexity index is 1380. The molecular formula is C32H34N2O. The summed E-state index contributed by atoms with van der Waals surface area (Å²) in [6.07, 6.45) is 7.11. The minimum Gasteiger partial charge on any atom is -0.350 e. The molecule has 1 spiro atoms. The van der Waals surface area contributed by atoms with Crippen LogP contribution in [0.3, 0.4) is 0 Å². The quantitative estimate of drug-likeness (QED) is 0.450. The third-order valence-electron chi connectivity index (χ3n) is 10.8. The molecule has 3 nitrogen and oxygen atoms in total. The molecule has 1 aliphatic heterocycles. The van der Waals surface area contributed by atoms with E-state index in [9.17, 15) is 4.79 Å². The van der Waals surface area contributed by atoms with Gasteiger partial charge in [0.2, 0.25) is 5.91 Å². The molecule has 6 unspecified atom stereocenters. The van der Waals surface area contributed by atoms with Crippen LogP contribution in [0.2, 0.25) is 0 Å². The standard InChI is InChI=1S/C32H34N2O/c1-4-30-22(2)25-17-18-31(30)29(3,19-25)32(31,28(35)33-20-23-11-6-5-7-12-23)34(30)21-26-15-10-14-24-13-8-9-16-27(24)26/h5-18,22,25H,4,19-21H2,1-3H3,(H,33,35). The van der Waals surface area contributed by atoms with E-state index in [1.54, 1.807) is 0 Å². The van der Waals surface area contributed by atoms with Gasteiger partial charge in [-0.15, -0.1) is 0 Å². The van der Waals surface area contributed by atoms with Crippen molar-refractivity contribution in [3.63, 3.8) is 0 Å². The second-order valence-corrected chi connectivity index (χ2v) is 11.5. The van der Waals surface area contributed by atoms with Crippen molar-refractivity contribution in [1.29, 1.82) is 0 Å². The van der Waals surface area contributed by atoms with E-state index in [1.165, 1.54) is 16.3 Å². The van der Waals surface area contributed by atoms with Crippen molar-refractivity contribution >= 4 is 16.7 Å². The molecule has 4 aliphatic carbocycles. The van der Waals surface area contributed by atoms with Crippen molar-refractivity contribution in [2.75, 3.05) is 0 Å². The van der Waals surface area contributed by atoms with Gasteiger partial charge in [-0.05, 0) is 46.6 Å². The van der Waals surface area contributed by atoms with Crippen molar-refractivity contribution in [1.82, 2.24) is 10.2 Å². The Morgan fingerprint density at radius 2 is 1.77 bits per heavy atom. The molecule has 1 N–H and O–H groups in total. The van der Waals surface area contributed by atoms with Crippen LogP contribution in [0, 0.1) is 22.7 Å². The molecule has 3 aromatic rings. The first-order chi connectivity index (χ1) is 17.0. The Labute approximate surface area is 208 Å². The number of likely N-dealkylation sites (tertiary alicyclic amines) is 1. The Hall–Kier alpha value is -2.91. The summed E-state index contributed by atoms with van der Waals surface area (Å²) in [5.74, 6) is 1.30. The van der Waals surface area contributed by atoms with Gasteiger partial charge in [0.05, 0.1) is 0 Å². The summed E-state index contributed by atoms with van der Waals surface area (Å²) in [6.45, 7) is 8.60. The van der Waals surface area contributed by atoms with Crippen LogP contribution in [-0.4, -0.2) is 21.9 Å². The molecule has 35 heavy (non-hydrogen) atoms. The van der Waals surface area contributed by atoms with Gasteiger partial charge in [0.25, 0.3) is 0 Å². The van der Waals surface area contributed by atoms with Crippen LogP contribution in [0.1, 0.15) is 44.7 Å². The zero-order chi connectivity index (χ0) is 24.1. The monoisotopic (exact) mass is 462 g/mol. The highest BCUT2D eigenvalue weighted by Crippen LogP contribution is 2.95. The van der Waals surface area contributed by atoms with Gasteiger partial charge in [-0.25, -0.2) is 0 Å². The lowest BCUT2D eigenvalue weighted by Crippen LogP contribution is -2.78. The first-order valence-corrected chi connectivity index (χ1v) is 13.2. The van der Waals surface area contributed by atoms with E-state index >= 15 is 0 Å². The van der Waals surface area contributed by atoms with Gasteiger partial charge in [0, 0.05) is 29.5 Å². The molecule has 3 heteroatoms. The lowest BCUT2D eigenvalue weighted by atomic mass is 9.50. The second-order valence-electron chi connectivity index (χ2n) is 11.5. The number of amides is 1. The summed E-state index contributed by atoms with van der Waals surface area (Å²) in [4.78, 5) is 17.0. The molecular weight excluding hydrogens is 428 g/mol. The average molecular weight is 463 g/mol. The second kappa shape index (κ2) is 6.85. The molecule has 1 heterocycles. The Balaban J connectivity index is 1.34.